The fourth-order valence-electron chi connectivity index (χ4n) is 3.58. The molecule has 1 N–H and O–H groups in total. The normalized spacial score (nSPS) is 19.1. The quantitative estimate of drug-likeness (QED) is 0.803. The van der Waals surface area contributed by atoms with E-state index in [9.17, 15) is 9.59 Å². The van der Waals surface area contributed by atoms with Gasteiger partial charge in [0.15, 0.2) is 0 Å². The lowest BCUT2D eigenvalue weighted by Crippen LogP contribution is -2.45. The van der Waals surface area contributed by atoms with Crippen molar-refractivity contribution in [3.05, 3.63) is 17.5 Å². The Balaban J connectivity index is 1.52. The molecule has 0 aromatic carbocycles. The highest BCUT2D eigenvalue weighted by Gasteiger charge is 2.29. The minimum absolute atomic E-state index is 0.0762. The number of rotatable bonds is 7. The Kier molecular flexibility index (Phi) is 5.73. The predicted octanol–water partition coefficient (Wildman–Crippen LogP) is 1.13. The van der Waals surface area contributed by atoms with E-state index >= 15 is 0 Å². The third-order valence-electron chi connectivity index (χ3n) is 5.16. The maximum absolute atomic E-state index is 12.3. The van der Waals surface area contributed by atoms with Gasteiger partial charge in [-0.2, -0.15) is 5.10 Å². The van der Waals surface area contributed by atoms with Crippen LogP contribution >= 0.6 is 0 Å². The van der Waals surface area contributed by atoms with E-state index in [0.29, 0.717) is 19.5 Å². The van der Waals surface area contributed by atoms with Crippen molar-refractivity contribution in [3.8, 4) is 0 Å². The number of fused-ring (bicyclic) bond motifs is 1. The molecule has 0 bridgehead atoms. The van der Waals surface area contributed by atoms with Crippen LogP contribution in [0.25, 0.3) is 0 Å². The lowest BCUT2D eigenvalue weighted by atomic mass is 10.2. The molecule has 2 amide bonds. The van der Waals surface area contributed by atoms with Crippen LogP contribution in [0.5, 0.6) is 0 Å². The molecule has 0 aliphatic carbocycles. The van der Waals surface area contributed by atoms with Gasteiger partial charge < -0.3 is 10.2 Å². The molecule has 3 heterocycles. The van der Waals surface area contributed by atoms with E-state index in [0.717, 1.165) is 38.3 Å². The standard InChI is InChI=1S/C18H29N5O2/c1-3-4-7-21-9-10-23-16(13-21)11-15(20-23)12-19-18(25)14(2)22-8-5-6-17(22)24/h11,14H,3-10,12-13H2,1-2H3,(H,19,25)/t14-/m1/s1. The van der Waals surface area contributed by atoms with E-state index in [4.69, 9.17) is 0 Å². The Morgan fingerprint density at radius 3 is 2.92 bits per heavy atom. The molecule has 0 radical (unpaired) electrons. The maximum atomic E-state index is 12.3. The van der Waals surface area contributed by atoms with Gasteiger partial charge in [0.05, 0.1) is 24.5 Å². The van der Waals surface area contributed by atoms with Gasteiger partial charge in [-0.05, 0) is 32.4 Å². The number of likely N-dealkylation sites (tertiary alicyclic amines) is 1. The number of aromatic nitrogens is 2. The Bertz CT molecular complexity index is 627. The SMILES string of the molecule is CCCCN1CCn2nc(CNC(=O)[C@@H](C)N3CCCC3=O)cc2C1. The molecule has 0 saturated carbocycles. The monoisotopic (exact) mass is 347 g/mol. The van der Waals surface area contributed by atoms with E-state index in [-0.39, 0.29) is 11.8 Å². The van der Waals surface area contributed by atoms with Crippen molar-refractivity contribution in [1.29, 1.82) is 0 Å². The second-order valence-electron chi connectivity index (χ2n) is 7.06. The first-order chi connectivity index (χ1) is 12.1. The molecular weight excluding hydrogens is 318 g/mol. The highest BCUT2D eigenvalue weighted by molar-refractivity contribution is 5.88. The molecule has 25 heavy (non-hydrogen) atoms. The van der Waals surface area contributed by atoms with Crippen molar-refractivity contribution >= 4 is 11.8 Å². The number of nitrogens with one attached hydrogen (secondary N) is 1. The maximum Gasteiger partial charge on any atom is 0.242 e. The van der Waals surface area contributed by atoms with Gasteiger partial charge >= 0.3 is 0 Å². The highest BCUT2D eigenvalue weighted by Crippen LogP contribution is 2.15. The fraction of sp³-hybridized carbons (Fsp3) is 0.722. The van der Waals surface area contributed by atoms with Crippen molar-refractivity contribution < 1.29 is 9.59 Å². The predicted molar refractivity (Wildman–Crippen MR) is 94.7 cm³/mol. The van der Waals surface area contributed by atoms with Crippen LogP contribution in [-0.2, 0) is 29.2 Å². The van der Waals surface area contributed by atoms with Gasteiger partial charge in [-0.25, -0.2) is 0 Å². The lowest BCUT2D eigenvalue weighted by Gasteiger charge is -2.27. The first-order valence-electron chi connectivity index (χ1n) is 9.43. The lowest BCUT2D eigenvalue weighted by molar-refractivity contribution is -0.136. The number of hydrogen-bond donors (Lipinski definition) is 1. The number of amides is 2. The molecule has 138 valence electrons. The Labute approximate surface area is 149 Å². The second kappa shape index (κ2) is 7.99. The van der Waals surface area contributed by atoms with E-state index in [1.54, 1.807) is 11.8 Å². The molecule has 0 spiro atoms. The zero-order valence-corrected chi connectivity index (χ0v) is 15.3. The minimum Gasteiger partial charge on any atom is -0.349 e. The van der Waals surface area contributed by atoms with Crippen LogP contribution in [0, 0.1) is 0 Å². The van der Waals surface area contributed by atoms with Crippen molar-refractivity contribution in [3.63, 3.8) is 0 Å². The van der Waals surface area contributed by atoms with Gasteiger partial charge in [0, 0.05) is 26.1 Å². The second-order valence-corrected chi connectivity index (χ2v) is 7.06. The number of nitrogens with zero attached hydrogens (tertiary/aromatic N) is 4. The van der Waals surface area contributed by atoms with E-state index in [2.05, 4.69) is 33.0 Å². The largest absolute Gasteiger partial charge is 0.349 e. The summed E-state index contributed by atoms with van der Waals surface area (Å²) in [7, 11) is 0. The first-order valence-corrected chi connectivity index (χ1v) is 9.43. The zero-order valence-electron chi connectivity index (χ0n) is 15.3. The number of hydrogen-bond acceptors (Lipinski definition) is 4. The minimum atomic E-state index is -0.406. The zero-order chi connectivity index (χ0) is 17.8. The molecule has 1 aromatic rings. The summed E-state index contributed by atoms with van der Waals surface area (Å²) in [6.45, 7) is 9.11. The summed E-state index contributed by atoms with van der Waals surface area (Å²) in [5.74, 6) is -0.0296. The summed E-state index contributed by atoms with van der Waals surface area (Å²) < 4.78 is 2.05. The van der Waals surface area contributed by atoms with Crippen LogP contribution in [0.2, 0.25) is 0 Å². The van der Waals surface area contributed by atoms with E-state index in [1.807, 2.05) is 0 Å². The van der Waals surface area contributed by atoms with Crippen LogP contribution in [0.4, 0.5) is 0 Å². The van der Waals surface area contributed by atoms with Crippen molar-refractivity contribution in [2.75, 3.05) is 19.6 Å². The van der Waals surface area contributed by atoms with E-state index < -0.39 is 6.04 Å². The Hall–Kier alpha value is -1.89. The van der Waals surface area contributed by atoms with Crippen LogP contribution in [0.1, 0.15) is 50.9 Å². The van der Waals surface area contributed by atoms with Crippen LogP contribution in [-0.4, -0.2) is 57.1 Å². The first kappa shape index (κ1) is 17.9. The Morgan fingerprint density at radius 1 is 1.36 bits per heavy atom. The molecule has 3 rings (SSSR count). The number of carbonyl (C=O) groups is 2. The van der Waals surface area contributed by atoms with Crippen molar-refractivity contribution in [1.82, 2.24) is 24.9 Å². The fourth-order valence-corrected chi connectivity index (χ4v) is 3.58. The summed E-state index contributed by atoms with van der Waals surface area (Å²) in [4.78, 5) is 28.2. The highest BCUT2D eigenvalue weighted by atomic mass is 16.2. The molecule has 0 unspecified atom stereocenters. The van der Waals surface area contributed by atoms with Gasteiger partial charge in [0.1, 0.15) is 6.04 Å². The molecule has 1 aromatic heterocycles. The van der Waals surface area contributed by atoms with Gasteiger partial charge in [0.2, 0.25) is 11.8 Å². The van der Waals surface area contributed by atoms with Crippen molar-refractivity contribution in [2.24, 2.45) is 0 Å². The van der Waals surface area contributed by atoms with Crippen LogP contribution < -0.4 is 5.32 Å². The molecule has 1 fully saturated rings. The topological polar surface area (TPSA) is 70.5 Å². The average Bonchev–Trinajstić information content (AvgIpc) is 3.22. The summed E-state index contributed by atoms with van der Waals surface area (Å²) in [5.41, 5.74) is 2.11. The number of carbonyl (C=O) groups excluding carboxylic acids is 2. The summed E-state index contributed by atoms with van der Waals surface area (Å²) >= 11 is 0. The van der Waals surface area contributed by atoms with Gasteiger partial charge in [-0.1, -0.05) is 13.3 Å². The number of unbranched alkanes of at least 4 members (excludes halogenated alkanes) is 1. The van der Waals surface area contributed by atoms with Gasteiger partial charge in [0.25, 0.3) is 0 Å². The summed E-state index contributed by atoms with van der Waals surface area (Å²) in [6.07, 6.45) is 3.84. The van der Waals surface area contributed by atoms with Crippen molar-refractivity contribution in [2.45, 2.75) is 65.2 Å². The van der Waals surface area contributed by atoms with Crippen LogP contribution in [0.3, 0.4) is 0 Å². The third kappa shape index (κ3) is 4.21. The molecular formula is C18H29N5O2. The molecule has 1 saturated heterocycles. The summed E-state index contributed by atoms with van der Waals surface area (Å²) in [5, 5.41) is 7.53. The molecule has 2 aliphatic rings. The average molecular weight is 347 g/mol. The molecule has 7 heteroatoms. The van der Waals surface area contributed by atoms with Gasteiger partial charge in [-0.15, -0.1) is 0 Å². The third-order valence-corrected chi connectivity index (χ3v) is 5.16. The summed E-state index contributed by atoms with van der Waals surface area (Å²) in [6, 6.07) is 1.68. The molecule has 2 aliphatic heterocycles. The molecule has 1 atom stereocenters. The Morgan fingerprint density at radius 2 is 2.20 bits per heavy atom. The van der Waals surface area contributed by atoms with E-state index in [1.165, 1.54) is 18.5 Å². The van der Waals surface area contributed by atoms with Crippen LogP contribution in [0.15, 0.2) is 6.07 Å². The molecule has 7 nitrogen and oxygen atoms in total. The van der Waals surface area contributed by atoms with Gasteiger partial charge in [-0.3, -0.25) is 19.2 Å². The smallest absolute Gasteiger partial charge is 0.242 e.